The quantitative estimate of drug-likeness (QED) is 0.648. The number of nitrogens with one attached hydrogen (secondary N) is 2. The highest BCUT2D eigenvalue weighted by atomic mass is 16.5. The molecular formula is C13H23N3O. The fourth-order valence-corrected chi connectivity index (χ4v) is 1.49. The van der Waals surface area contributed by atoms with Crippen LogP contribution in [0.2, 0.25) is 0 Å². The van der Waals surface area contributed by atoms with Gasteiger partial charge in [-0.25, -0.2) is 0 Å². The van der Waals surface area contributed by atoms with Gasteiger partial charge in [-0.05, 0) is 25.8 Å². The highest BCUT2D eigenvalue weighted by molar-refractivity contribution is 5.53. The van der Waals surface area contributed by atoms with E-state index in [0.717, 1.165) is 50.5 Å². The van der Waals surface area contributed by atoms with Crippen LogP contribution in [0.4, 0.5) is 11.4 Å². The lowest BCUT2D eigenvalue weighted by Crippen LogP contribution is -2.07. The Morgan fingerprint density at radius 2 is 1.88 bits per heavy atom. The second-order valence-corrected chi connectivity index (χ2v) is 3.89. The number of hydrogen-bond donors (Lipinski definition) is 2. The lowest BCUT2D eigenvalue weighted by molar-refractivity contribution is 0.134. The zero-order valence-electron chi connectivity index (χ0n) is 10.8. The van der Waals surface area contributed by atoms with Gasteiger partial charge in [-0.2, -0.15) is 0 Å². The largest absolute Gasteiger partial charge is 0.384 e. The topological polar surface area (TPSA) is 46.2 Å². The zero-order chi connectivity index (χ0) is 12.3. The summed E-state index contributed by atoms with van der Waals surface area (Å²) < 4.78 is 5.42. The summed E-state index contributed by atoms with van der Waals surface area (Å²) in [5, 5.41) is 6.58. The minimum Gasteiger partial charge on any atom is -0.384 e. The molecule has 1 aromatic heterocycles. The van der Waals surface area contributed by atoms with Crippen molar-refractivity contribution in [3.8, 4) is 0 Å². The number of anilines is 2. The first-order valence-electron chi connectivity index (χ1n) is 6.37. The van der Waals surface area contributed by atoms with Gasteiger partial charge in [0.05, 0.1) is 23.8 Å². The van der Waals surface area contributed by atoms with E-state index in [-0.39, 0.29) is 0 Å². The Labute approximate surface area is 104 Å². The third kappa shape index (κ3) is 6.12. The molecule has 1 aromatic rings. The summed E-state index contributed by atoms with van der Waals surface area (Å²) in [6.45, 7) is 7.71. The molecule has 2 N–H and O–H groups in total. The molecule has 0 spiro atoms. The molecule has 0 aliphatic rings. The van der Waals surface area contributed by atoms with Crippen LogP contribution >= 0.6 is 0 Å². The van der Waals surface area contributed by atoms with E-state index < -0.39 is 0 Å². The monoisotopic (exact) mass is 237 g/mol. The number of hydrogen-bond acceptors (Lipinski definition) is 4. The van der Waals surface area contributed by atoms with E-state index >= 15 is 0 Å². The van der Waals surface area contributed by atoms with Crippen LogP contribution in [0.3, 0.4) is 0 Å². The van der Waals surface area contributed by atoms with Gasteiger partial charge in [-0.3, -0.25) is 4.98 Å². The predicted octanol–water partition coefficient (Wildman–Crippen LogP) is 2.74. The molecule has 0 aliphatic heterocycles. The summed E-state index contributed by atoms with van der Waals surface area (Å²) in [7, 11) is 0. The van der Waals surface area contributed by atoms with Crippen molar-refractivity contribution in [2.75, 3.05) is 36.9 Å². The predicted molar refractivity (Wildman–Crippen MR) is 72.6 cm³/mol. The summed E-state index contributed by atoms with van der Waals surface area (Å²) >= 11 is 0. The fourth-order valence-electron chi connectivity index (χ4n) is 1.49. The molecule has 4 heteroatoms. The van der Waals surface area contributed by atoms with Gasteiger partial charge in [-0.15, -0.1) is 0 Å². The molecular weight excluding hydrogens is 214 g/mol. The van der Waals surface area contributed by atoms with Gasteiger partial charge in [-0.1, -0.05) is 6.92 Å². The van der Waals surface area contributed by atoms with Crippen molar-refractivity contribution < 1.29 is 4.74 Å². The van der Waals surface area contributed by atoms with Crippen molar-refractivity contribution in [3.05, 3.63) is 18.5 Å². The summed E-state index contributed by atoms with van der Waals surface area (Å²) in [6.07, 6.45) is 5.78. The molecule has 0 bridgehead atoms. The van der Waals surface area contributed by atoms with Crippen molar-refractivity contribution in [1.82, 2.24) is 4.98 Å². The Balaban J connectivity index is 2.19. The molecule has 17 heavy (non-hydrogen) atoms. The van der Waals surface area contributed by atoms with Gasteiger partial charge in [0.2, 0.25) is 0 Å². The summed E-state index contributed by atoms with van der Waals surface area (Å²) in [5.41, 5.74) is 2.11. The molecule has 0 aliphatic carbocycles. The highest BCUT2D eigenvalue weighted by Crippen LogP contribution is 2.12. The lowest BCUT2D eigenvalue weighted by atomic mass is 10.3. The molecule has 0 amide bonds. The van der Waals surface area contributed by atoms with Crippen LogP contribution in [0.1, 0.15) is 26.7 Å². The van der Waals surface area contributed by atoms with Crippen LogP contribution in [0, 0.1) is 0 Å². The number of nitrogens with zero attached hydrogens (tertiary/aromatic N) is 1. The minimum absolute atomic E-state index is 0.821. The molecule has 0 saturated carbocycles. The summed E-state index contributed by atoms with van der Waals surface area (Å²) in [6, 6.07) is 2.07. The third-order valence-electron chi connectivity index (χ3n) is 2.26. The molecule has 0 aromatic carbocycles. The van der Waals surface area contributed by atoms with Crippen LogP contribution in [-0.2, 0) is 4.74 Å². The molecule has 1 heterocycles. The Hall–Kier alpha value is -1.29. The van der Waals surface area contributed by atoms with E-state index in [1.54, 1.807) is 0 Å². The van der Waals surface area contributed by atoms with Crippen molar-refractivity contribution >= 4 is 11.4 Å². The van der Waals surface area contributed by atoms with Gasteiger partial charge < -0.3 is 15.4 Å². The van der Waals surface area contributed by atoms with Gasteiger partial charge in [0, 0.05) is 26.3 Å². The Bertz CT molecular complexity index is 304. The maximum Gasteiger partial charge on any atom is 0.0547 e. The molecule has 0 saturated heterocycles. The normalized spacial score (nSPS) is 10.2. The van der Waals surface area contributed by atoms with Gasteiger partial charge in [0.15, 0.2) is 0 Å². The molecule has 1 rings (SSSR count). The average molecular weight is 237 g/mol. The van der Waals surface area contributed by atoms with Gasteiger partial charge in [0.1, 0.15) is 0 Å². The van der Waals surface area contributed by atoms with Crippen LogP contribution in [0.5, 0.6) is 0 Å². The zero-order valence-corrected chi connectivity index (χ0v) is 10.8. The Morgan fingerprint density at radius 1 is 1.12 bits per heavy atom. The first-order valence-corrected chi connectivity index (χ1v) is 6.37. The fraction of sp³-hybridized carbons (Fsp3) is 0.615. The highest BCUT2D eigenvalue weighted by Gasteiger charge is 1.95. The third-order valence-corrected chi connectivity index (χ3v) is 2.26. The van der Waals surface area contributed by atoms with Crippen LogP contribution in [0.15, 0.2) is 18.5 Å². The number of ether oxygens (including phenoxy) is 1. The van der Waals surface area contributed by atoms with Crippen LogP contribution in [0.25, 0.3) is 0 Å². The van der Waals surface area contributed by atoms with E-state index in [9.17, 15) is 0 Å². The molecule has 0 fully saturated rings. The lowest BCUT2D eigenvalue weighted by Gasteiger charge is -2.08. The van der Waals surface area contributed by atoms with E-state index in [0.29, 0.717) is 0 Å². The van der Waals surface area contributed by atoms with Crippen molar-refractivity contribution in [1.29, 1.82) is 0 Å². The second-order valence-electron chi connectivity index (χ2n) is 3.89. The molecule has 96 valence electrons. The van der Waals surface area contributed by atoms with E-state index in [2.05, 4.69) is 35.5 Å². The molecule has 0 radical (unpaired) electrons. The van der Waals surface area contributed by atoms with E-state index in [4.69, 9.17) is 4.74 Å². The summed E-state index contributed by atoms with van der Waals surface area (Å²) in [4.78, 5) is 4.18. The van der Waals surface area contributed by atoms with Gasteiger partial charge >= 0.3 is 0 Å². The van der Waals surface area contributed by atoms with Crippen LogP contribution in [-0.4, -0.2) is 31.3 Å². The number of rotatable bonds is 9. The number of pyridine rings is 1. The van der Waals surface area contributed by atoms with Crippen molar-refractivity contribution in [2.24, 2.45) is 0 Å². The smallest absolute Gasteiger partial charge is 0.0547 e. The first-order chi connectivity index (χ1) is 8.36. The standard InChI is InChI=1S/C13H23N3O/c1-3-7-17-8-5-6-16-13-9-12(15-4-2)10-14-11-13/h9-11,15-16H,3-8H2,1-2H3. The average Bonchev–Trinajstić information content (AvgIpc) is 2.35. The Kier molecular flexibility index (Phi) is 7.14. The van der Waals surface area contributed by atoms with Gasteiger partial charge in [0.25, 0.3) is 0 Å². The maximum atomic E-state index is 5.42. The second kappa shape index (κ2) is 8.82. The molecule has 0 atom stereocenters. The minimum atomic E-state index is 0.821. The SMILES string of the molecule is CCCOCCCNc1cncc(NCC)c1. The van der Waals surface area contributed by atoms with Crippen molar-refractivity contribution in [3.63, 3.8) is 0 Å². The Morgan fingerprint density at radius 3 is 2.59 bits per heavy atom. The van der Waals surface area contributed by atoms with E-state index in [1.165, 1.54) is 0 Å². The summed E-state index contributed by atoms with van der Waals surface area (Å²) in [5.74, 6) is 0. The van der Waals surface area contributed by atoms with E-state index in [1.807, 2.05) is 12.4 Å². The van der Waals surface area contributed by atoms with Crippen LogP contribution < -0.4 is 10.6 Å². The molecule has 0 unspecified atom stereocenters. The first kappa shape index (κ1) is 13.8. The van der Waals surface area contributed by atoms with Crippen molar-refractivity contribution in [2.45, 2.75) is 26.7 Å². The number of aromatic nitrogens is 1. The maximum absolute atomic E-state index is 5.42. The molecule has 4 nitrogen and oxygen atoms in total.